The second-order valence-electron chi connectivity index (χ2n) is 3.23. The Morgan fingerprint density at radius 2 is 1.93 bits per heavy atom. The lowest BCUT2D eigenvalue weighted by Crippen LogP contribution is -2.49. The zero-order chi connectivity index (χ0) is 11.9. The molecule has 2 N–H and O–H groups in total. The summed E-state index contributed by atoms with van der Waals surface area (Å²) in [6, 6.07) is 0. The van der Waals surface area contributed by atoms with Gasteiger partial charge in [0.05, 0.1) is 5.57 Å². The van der Waals surface area contributed by atoms with E-state index in [0.29, 0.717) is 6.42 Å². The zero-order valence-electron chi connectivity index (χ0n) is 7.38. The average molecular weight is 289 g/mol. The molecule has 0 saturated carbocycles. The molecule has 1 aliphatic carbocycles. The minimum atomic E-state index is -5.28. The van der Waals surface area contributed by atoms with E-state index in [9.17, 15) is 18.0 Å². The normalized spacial score (nSPS) is 24.0. The van der Waals surface area contributed by atoms with Gasteiger partial charge in [0.15, 0.2) is 5.78 Å². The maximum atomic E-state index is 12.2. The highest BCUT2D eigenvalue weighted by Crippen LogP contribution is 2.37. The van der Waals surface area contributed by atoms with Gasteiger partial charge >= 0.3 is 6.18 Å². The minimum Gasteiger partial charge on any atom is -0.355 e. The van der Waals surface area contributed by atoms with Gasteiger partial charge in [-0.25, -0.2) is 0 Å². The molecular weight excluding hydrogens is 281 g/mol. The van der Waals surface area contributed by atoms with Crippen LogP contribution in [0.4, 0.5) is 13.2 Å². The summed E-state index contributed by atoms with van der Waals surface area (Å²) in [6.45, 7) is 0. The SMILES string of the molecule is O=C1CCC(Br)C=C1C(O)(O)C(F)(F)F. The number of halogens is 4. The lowest BCUT2D eigenvalue weighted by atomic mass is 9.91. The Hall–Kier alpha value is -0.400. The van der Waals surface area contributed by atoms with E-state index in [-0.39, 0.29) is 6.42 Å². The summed E-state index contributed by atoms with van der Waals surface area (Å²) in [4.78, 5) is 10.7. The number of hydrogen-bond donors (Lipinski definition) is 2. The van der Waals surface area contributed by atoms with E-state index in [4.69, 9.17) is 10.2 Å². The minimum absolute atomic E-state index is 0.138. The van der Waals surface area contributed by atoms with Gasteiger partial charge in [-0.1, -0.05) is 22.0 Å². The molecule has 15 heavy (non-hydrogen) atoms. The van der Waals surface area contributed by atoms with Gasteiger partial charge in [0.25, 0.3) is 5.79 Å². The largest absolute Gasteiger partial charge is 0.447 e. The van der Waals surface area contributed by atoms with Crippen molar-refractivity contribution in [2.45, 2.75) is 29.6 Å². The first-order valence-electron chi connectivity index (χ1n) is 4.07. The van der Waals surface area contributed by atoms with Gasteiger partial charge in [-0.3, -0.25) is 4.79 Å². The number of carbonyl (C=O) groups is 1. The molecule has 0 aromatic carbocycles. The van der Waals surface area contributed by atoms with Crippen LogP contribution in [0.1, 0.15) is 12.8 Å². The highest BCUT2D eigenvalue weighted by atomic mass is 79.9. The first-order valence-corrected chi connectivity index (χ1v) is 4.99. The van der Waals surface area contributed by atoms with Gasteiger partial charge < -0.3 is 10.2 Å². The lowest BCUT2D eigenvalue weighted by Gasteiger charge is -2.29. The summed E-state index contributed by atoms with van der Waals surface area (Å²) in [5.41, 5.74) is -1.01. The Kier molecular flexibility index (Phi) is 3.27. The molecule has 1 aliphatic rings. The van der Waals surface area contributed by atoms with E-state index in [2.05, 4.69) is 15.9 Å². The van der Waals surface area contributed by atoms with Crippen LogP contribution in [0.15, 0.2) is 11.6 Å². The highest BCUT2D eigenvalue weighted by molar-refractivity contribution is 9.09. The van der Waals surface area contributed by atoms with Gasteiger partial charge in [-0.15, -0.1) is 0 Å². The second kappa shape index (κ2) is 3.88. The van der Waals surface area contributed by atoms with E-state index in [1.165, 1.54) is 0 Å². The molecule has 86 valence electrons. The summed E-state index contributed by atoms with van der Waals surface area (Å²) in [6.07, 6.45) is -4.19. The van der Waals surface area contributed by atoms with Gasteiger partial charge in [-0.2, -0.15) is 13.2 Å². The first-order chi connectivity index (χ1) is 6.66. The maximum absolute atomic E-state index is 12.2. The van der Waals surface area contributed by atoms with E-state index in [1.54, 1.807) is 0 Å². The van der Waals surface area contributed by atoms with Crippen LogP contribution >= 0.6 is 15.9 Å². The van der Waals surface area contributed by atoms with Gasteiger partial charge in [-0.05, 0) is 6.42 Å². The monoisotopic (exact) mass is 288 g/mol. The number of aliphatic hydroxyl groups is 2. The van der Waals surface area contributed by atoms with E-state index in [1.807, 2.05) is 0 Å². The summed E-state index contributed by atoms with van der Waals surface area (Å²) < 4.78 is 36.6. The van der Waals surface area contributed by atoms with Crippen molar-refractivity contribution in [3.8, 4) is 0 Å². The number of allylic oxidation sites excluding steroid dienone is 1. The Balaban J connectivity index is 3.10. The predicted molar refractivity (Wildman–Crippen MR) is 48.3 cm³/mol. The van der Waals surface area contributed by atoms with Gasteiger partial charge in [0.1, 0.15) is 0 Å². The van der Waals surface area contributed by atoms with E-state index >= 15 is 0 Å². The van der Waals surface area contributed by atoms with Crippen molar-refractivity contribution in [2.24, 2.45) is 0 Å². The fraction of sp³-hybridized carbons (Fsp3) is 0.625. The fourth-order valence-electron chi connectivity index (χ4n) is 1.22. The Labute approximate surface area is 91.7 Å². The van der Waals surface area contributed by atoms with Crippen molar-refractivity contribution in [2.75, 3.05) is 0 Å². The number of carbonyl (C=O) groups excluding carboxylic acids is 1. The van der Waals surface area contributed by atoms with Crippen LogP contribution in [0.5, 0.6) is 0 Å². The summed E-state index contributed by atoms with van der Waals surface area (Å²) in [5.74, 6) is -4.95. The highest BCUT2D eigenvalue weighted by Gasteiger charge is 2.57. The smallest absolute Gasteiger partial charge is 0.355 e. The molecule has 0 radical (unpaired) electrons. The average Bonchev–Trinajstić information content (AvgIpc) is 2.07. The van der Waals surface area contributed by atoms with Crippen LogP contribution in [0, 0.1) is 0 Å². The Bertz CT molecular complexity index is 309. The number of Topliss-reactive ketones (excluding diaryl/α,β-unsaturated/α-hetero) is 1. The molecule has 0 amide bonds. The van der Waals surface area contributed by atoms with Crippen LogP contribution < -0.4 is 0 Å². The molecule has 0 fully saturated rings. The predicted octanol–water partition coefficient (Wildman–Crippen LogP) is 1.28. The topological polar surface area (TPSA) is 57.5 Å². The molecule has 1 atom stereocenters. The molecule has 1 unspecified atom stereocenters. The number of hydrogen-bond acceptors (Lipinski definition) is 3. The Morgan fingerprint density at radius 3 is 2.40 bits per heavy atom. The van der Waals surface area contributed by atoms with E-state index < -0.39 is 28.1 Å². The molecule has 1 rings (SSSR count). The summed E-state index contributed by atoms with van der Waals surface area (Å²) >= 11 is 3.00. The number of ketones is 1. The summed E-state index contributed by atoms with van der Waals surface area (Å²) in [7, 11) is 0. The molecule has 0 aliphatic heterocycles. The molecule has 0 bridgehead atoms. The number of alkyl halides is 4. The third-order valence-electron chi connectivity index (χ3n) is 2.07. The molecule has 3 nitrogen and oxygen atoms in total. The second-order valence-corrected chi connectivity index (χ2v) is 4.40. The van der Waals surface area contributed by atoms with Crippen LogP contribution in [0.25, 0.3) is 0 Å². The molecular formula is C8H8BrF3O3. The third kappa shape index (κ3) is 2.40. The van der Waals surface area contributed by atoms with Crippen LogP contribution in [0.2, 0.25) is 0 Å². The van der Waals surface area contributed by atoms with Crippen LogP contribution in [-0.4, -0.2) is 32.8 Å². The van der Waals surface area contributed by atoms with Crippen LogP contribution in [-0.2, 0) is 4.79 Å². The van der Waals surface area contributed by atoms with Gasteiger partial charge in [0.2, 0.25) is 0 Å². The molecule has 7 heteroatoms. The molecule has 0 heterocycles. The van der Waals surface area contributed by atoms with Gasteiger partial charge in [0, 0.05) is 11.2 Å². The zero-order valence-corrected chi connectivity index (χ0v) is 8.97. The van der Waals surface area contributed by atoms with Crippen molar-refractivity contribution < 1.29 is 28.2 Å². The van der Waals surface area contributed by atoms with E-state index in [0.717, 1.165) is 6.08 Å². The molecule has 0 aromatic heterocycles. The van der Waals surface area contributed by atoms with Crippen molar-refractivity contribution in [1.29, 1.82) is 0 Å². The first kappa shape index (κ1) is 12.7. The van der Waals surface area contributed by atoms with Crippen molar-refractivity contribution in [1.82, 2.24) is 0 Å². The number of rotatable bonds is 1. The molecule has 0 aromatic rings. The fourth-order valence-corrected chi connectivity index (χ4v) is 1.72. The van der Waals surface area contributed by atoms with Crippen molar-refractivity contribution in [3.63, 3.8) is 0 Å². The van der Waals surface area contributed by atoms with Crippen molar-refractivity contribution >= 4 is 21.7 Å². The Morgan fingerprint density at radius 1 is 1.40 bits per heavy atom. The quantitative estimate of drug-likeness (QED) is 0.565. The lowest BCUT2D eigenvalue weighted by molar-refractivity contribution is -0.328. The van der Waals surface area contributed by atoms with Crippen molar-refractivity contribution in [3.05, 3.63) is 11.6 Å². The van der Waals surface area contributed by atoms with Crippen LogP contribution in [0.3, 0.4) is 0 Å². The standard InChI is InChI=1S/C8H8BrF3O3/c9-4-1-2-6(13)5(3-4)7(14,15)8(10,11)12/h3-4,14-15H,1-2H2. The maximum Gasteiger partial charge on any atom is 0.447 e. The molecule has 0 saturated heterocycles. The molecule has 0 spiro atoms. The summed E-state index contributed by atoms with van der Waals surface area (Å²) in [5, 5.41) is 17.8. The third-order valence-corrected chi connectivity index (χ3v) is 2.79.